The molecule has 11 heteroatoms. The maximum Gasteiger partial charge on any atom is 0.325 e. The molecule has 0 aliphatic heterocycles. The Bertz CT molecular complexity index is 920. The third-order valence-corrected chi connectivity index (χ3v) is 3.53. The maximum atomic E-state index is 12.8. The van der Waals surface area contributed by atoms with E-state index in [0.717, 1.165) is 18.2 Å². The van der Waals surface area contributed by atoms with Gasteiger partial charge in [-0.3, -0.25) is 24.5 Å². The number of nitro groups is 1. The van der Waals surface area contributed by atoms with E-state index in [-0.39, 0.29) is 16.3 Å². The second-order valence-electron chi connectivity index (χ2n) is 5.32. The number of nitrogens with one attached hydrogen (secondary N) is 2. The molecule has 0 unspecified atom stereocenters. The lowest BCUT2D eigenvalue weighted by molar-refractivity contribution is -0.383. The van der Waals surface area contributed by atoms with Crippen molar-refractivity contribution in [1.82, 2.24) is 5.32 Å². The van der Waals surface area contributed by atoms with E-state index in [1.165, 1.54) is 24.3 Å². The van der Waals surface area contributed by atoms with Crippen LogP contribution >= 0.6 is 11.6 Å². The predicted octanol–water partition coefficient (Wildman–Crippen LogP) is 2.30. The summed E-state index contributed by atoms with van der Waals surface area (Å²) in [7, 11) is 0. The molecule has 146 valence electrons. The lowest BCUT2D eigenvalue weighted by Gasteiger charge is -2.08. The molecule has 9 nitrogen and oxygen atoms in total. The van der Waals surface area contributed by atoms with E-state index in [1.807, 2.05) is 0 Å². The molecule has 2 amide bonds. The molecule has 0 fully saturated rings. The molecule has 2 N–H and O–H groups in total. The third-order valence-electron chi connectivity index (χ3n) is 3.29. The number of hydrogen-bond acceptors (Lipinski definition) is 6. The Kier molecular flexibility index (Phi) is 6.99. The second kappa shape index (κ2) is 9.42. The average molecular weight is 410 g/mol. The van der Waals surface area contributed by atoms with E-state index in [9.17, 15) is 28.9 Å². The Morgan fingerprint density at radius 2 is 1.82 bits per heavy atom. The lowest BCUT2D eigenvalue weighted by atomic mass is 10.2. The number of halogens is 2. The number of carbonyl (C=O) groups excluding carboxylic acids is 3. The van der Waals surface area contributed by atoms with Crippen molar-refractivity contribution in [2.45, 2.75) is 0 Å². The number of esters is 1. The topological polar surface area (TPSA) is 128 Å². The first kappa shape index (κ1) is 20.8. The van der Waals surface area contributed by atoms with Crippen LogP contribution in [-0.2, 0) is 14.3 Å². The van der Waals surface area contributed by atoms with E-state index in [1.54, 1.807) is 0 Å². The quantitative estimate of drug-likeness (QED) is 0.410. The first-order valence-corrected chi connectivity index (χ1v) is 8.07. The zero-order valence-corrected chi connectivity index (χ0v) is 14.9. The summed E-state index contributed by atoms with van der Waals surface area (Å²) in [5.41, 5.74) is -0.388. The van der Waals surface area contributed by atoms with Gasteiger partial charge in [0, 0.05) is 16.7 Å². The Morgan fingerprint density at radius 3 is 2.46 bits per heavy atom. The van der Waals surface area contributed by atoms with Crippen molar-refractivity contribution >= 4 is 40.8 Å². The molecule has 0 saturated heterocycles. The molecule has 28 heavy (non-hydrogen) atoms. The van der Waals surface area contributed by atoms with E-state index in [4.69, 9.17) is 11.6 Å². The van der Waals surface area contributed by atoms with Crippen LogP contribution in [0.2, 0.25) is 5.02 Å². The first-order valence-electron chi connectivity index (χ1n) is 7.69. The number of hydrogen-bond donors (Lipinski definition) is 2. The number of rotatable bonds is 7. The van der Waals surface area contributed by atoms with Gasteiger partial charge in [0.15, 0.2) is 6.61 Å². The molecule has 2 aromatic carbocycles. The summed E-state index contributed by atoms with van der Waals surface area (Å²) in [5.74, 6) is -2.86. The van der Waals surface area contributed by atoms with Crippen LogP contribution in [-0.4, -0.2) is 35.9 Å². The van der Waals surface area contributed by atoms with Crippen molar-refractivity contribution in [1.29, 1.82) is 0 Å². The first-order chi connectivity index (χ1) is 13.3. The van der Waals surface area contributed by atoms with Gasteiger partial charge in [0.05, 0.1) is 4.92 Å². The van der Waals surface area contributed by atoms with Gasteiger partial charge >= 0.3 is 5.97 Å². The second-order valence-corrected chi connectivity index (χ2v) is 5.75. The van der Waals surface area contributed by atoms with Crippen LogP contribution in [0.5, 0.6) is 0 Å². The molecular formula is C17H13ClFN3O6. The van der Waals surface area contributed by atoms with Crippen LogP contribution in [0, 0.1) is 15.9 Å². The van der Waals surface area contributed by atoms with Crippen molar-refractivity contribution in [2.75, 3.05) is 18.5 Å². The minimum absolute atomic E-state index is 0.111. The molecule has 0 aromatic heterocycles. The molecule has 0 saturated carbocycles. The van der Waals surface area contributed by atoms with Crippen LogP contribution in [0.15, 0.2) is 42.5 Å². The highest BCUT2D eigenvalue weighted by Crippen LogP contribution is 2.27. The van der Waals surface area contributed by atoms with Crippen LogP contribution in [0.4, 0.5) is 15.8 Å². The SMILES string of the molecule is O=C(COC(=O)CNC(=O)c1ccc(F)cc1)Nc1ccc(Cl)cc1[N+](=O)[O-]. The van der Waals surface area contributed by atoms with Crippen LogP contribution in [0.25, 0.3) is 0 Å². The number of ether oxygens (including phenoxy) is 1. The van der Waals surface area contributed by atoms with Gasteiger partial charge in [-0.15, -0.1) is 0 Å². The Balaban J connectivity index is 1.81. The monoisotopic (exact) mass is 409 g/mol. The molecule has 2 aromatic rings. The molecular weight excluding hydrogens is 397 g/mol. The van der Waals surface area contributed by atoms with Crippen LogP contribution in [0.3, 0.4) is 0 Å². The highest BCUT2D eigenvalue weighted by Gasteiger charge is 2.17. The van der Waals surface area contributed by atoms with Crippen molar-refractivity contribution in [3.05, 3.63) is 69.0 Å². The average Bonchev–Trinajstić information content (AvgIpc) is 2.66. The highest BCUT2D eigenvalue weighted by atomic mass is 35.5. The Labute approximate surface area is 162 Å². The van der Waals surface area contributed by atoms with Gasteiger partial charge in [-0.2, -0.15) is 0 Å². The van der Waals surface area contributed by atoms with Crippen LogP contribution in [0.1, 0.15) is 10.4 Å². The summed E-state index contributed by atoms with van der Waals surface area (Å²) in [6.07, 6.45) is 0. The van der Waals surface area contributed by atoms with Crippen molar-refractivity contribution < 1.29 is 28.4 Å². The van der Waals surface area contributed by atoms with Gasteiger partial charge in [0.1, 0.15) is 18.0 Å². The Morgan fingerprint density at radius 1 is 1.14 bits per heavy atom. The fraction of sp³-hybridized carbons (Fsp3) is 0.118. The van der Waals surface area contributed by atoms with Gasteiger partial charge < -0.3 is 15.4 Å². The molecule has 0 bridgehead atoms. The molecule has 0 aliphatic rings. The Hall–Kier alpha value is -3.53. The molecule has 0 radical (unpaired) electrons. The predicted molar refractivity (Wildman–Crippen MR) is 96.4 cm³/mol. The standard InChI is InChI=1S/C17H13ClFN3O6/c18-11-3-6-13(14(7-11)22(26)27)21-15(23)9-28-16(24)8-20-17(25)10-1-4-12(19)5-2-10/h1-7H,8-9H2,(H,20,25)(H,21,23). The van der Waals surface area contributed by atoms with E-state index in [0.29, 0.717) is 0 Å². The smallest absolute Gasteiger partial charge is 0.325 e. The molecule has 2 rings (SSSR count). The summed E-state index contributed by atoms with van der Waals surface area (Å²) in [4.78, 5) is 45.4. The fourth-order valence-electron chi connectivity index (χ4n) is 2.00. The molecule has 0 atom stereocenters. The summed E-state index contributed by atoms with van der Waals surface area (Å²) in [5, 5.41) is 15.6. The van der Waals surface area contributed by atoms with Crippen molar-refractivity contribution in [3.63, 3.8) is 0 Å². The lowest BCUT2D eigenvalue weighted by Crippen LogP contribution is -2.32. The van der Waals surface area contributed by atoms with Gasteiger partial charge in [0.2, 0.25) is 0 Å². The number of carbonyl (C=O) groups is 3. The summed E-state index contributed by atoms with van der Waals surface area (Å²) in [6.45, 7) is -1.24. The summed E-state index contributed by atoms with van der Waals surface area (Å²) in [6, 6.07) is 8.31. The normalized spacial score (nSPS) is 10.1. The minimum atomic E-state index is -0.906. The largest absolute Gasteiger partial charge is 0.454 e. The van der Waals surface area contributed by atoms with Crippen molar-refractivity contribution in [3.8, 4) is 0 Å². The number of amides is 2. The number of nitro benzene ring substituents is 1. The zero-order chi connectivity index (χ0) is 20.7. The molecule has 0 spiro atoms. The van der Waals surface area contributed by atoms with Gasteiger partial charge in [-0.25, -0.2) is 4.39 Å². The van der Waals surface area contributed by atoms with Gasteiger partial charge in [-0.1, -0.05) is 11.6 Å². The van der Waals surface area contributed by atoms with Gasteiger partial charge in [0.25, 0.3) is 17.5 Å². The summed E-state index contributed by atoms with van der Waals surface area (Å²) >= 11 is 5.67. The third kappa shape index (κ3) is 6.02. The molecule has 0 aliphatic carbocycles. The number of benzene rings is 2. The van der Waals surface area contributed by atoms with Gasteiger partial charge in [-0.05, 0) is 36.4 Å². The summed E-state index contributed by atoms with van der Waals surface area (Å²) < 4.78 is 17.5. The minimum Gasteiger partial charge on any atom is -0.454 e. The van der Waals surface area contributed by atoms with Crippen molar-refractivity contribution in [2.24, 2.45) is 0 Å². The molecule has 0 heterocycles. The van der Waals surface area contributed by atoms with E-state index < -0.39 is 47.4 Å². The van der Waals surface area contributed by atoms with E-state index in [2.05, 4.69) is 15.4 Å². The van der Waals surface area contributed by atoms with E-state index >= 15 is 0 Å². The van der Waals surface area contributed by atoms with Crippen LogP contribution < -0.4 is 10.6 Å². The zero-order valence-electron chi connectivity index (χ0n) is 14.1. The number of nitrogens with zero attached hydrogens (tertiary/aromatic N) is 1. The number of anilines is 1. The fourth-order valence-corrected chi connectivity index (χ4v) is 2.17. The highest BCUT2D eigenvalue weighted by molar-refractivity contribution is 6.31. The maximum absolute atomic E-state index is 12.8.